The van der Waals surface area contributed by atoms with Crippen molar-refractivity contribution in [1.29, 1.82) is 0 Å². The second-order valence-corrected chi connectivity index (χ2v) is 11.0. The van der Waals surface area contributed by atoms with E-state index in [1.54, 1.807) is 20.8 Å². The number of benzene rings is 1. The van der Waals surface area contributed by atoms with Gasteiger partial charge in [0.1, 0.15) is 22.2 Å². The first kappa shape index (κ1) is 22.0. The summed E-state index contributed by atoms with van der Waals surface area (Å²) in [6, 6.07) is 4.24. The van der Waals surface area contributed by atoms with Crippen molar-refractivity contribution < 1.29 is 27.1 Å². The Kier molecular flexibility index (Phi) is 5.69. The standard InChI is InChI=1S/C18H23BrFN3O5S/c1-17(2,3)28-16(24)21-15-22-18(12-9-11(19)5-6-13(12)20)10-27-8-7-14(18)29(25,26)23(15)4/h5-6,9,14H,7-8,10H2,1-4H3,(H,21,22,24)/t14?,18-/m1/s1. The zero-order chi connectivity index (χ0) is 21.6. The fraction of sp³-hybridized carbons (Fsp3) is 0.556. The van der Waals surface area contributed by atoms with Crippen molar-refractivity contribution in [1.82, 2.24) is 9.62 Å². The summed E-state index contributed by atoms with van der Waals surface area (Å²) in [6.07, 6.45) is -0.722. The van der Waals surface area contributed by atoms with Crippen molar-refractivity contribution in [3.63, 3.8) is 0 Å². The molecule has 160 valence electrons. The number of nitrogens with zero attached hydrogens (tertiary/aromatic N) is 2. The first-order valence-electron chi connectivity index (χ1n) is 8.98. The fourth-order valence-electron chi connectivity index (χ4n) is 3.46. The largest absolute Gasteiger partial charge is 0.444 e. The highest BCUT2D eigenvalue weighted by Crippen LogP contribution is 2.44. The van der Waals surface area contributed by atoms with Crippen molar-refractivity contribution in [2.45, 2.75) is 43.6 Å². The van der Waals surface area contributed by atoms with Gasteiger partial charge in [-0.3, -0.25) is 5.32 Å². The summed E-state index contributed by atoms with van der Waals surface area (Å²) in [6.45, 7) is 5.11. The maximum atomic E-state index is 14.8. The van der Waals surface area contributed by atoms with E-state index in [4.69, 9.17) is 9.47 Å². The summed E-state index contributed by atoms with van der Waals surface area (Å²) >= 11 is 3.30. The van der Waals surface area contributed by atoms with Gasteiger partial charge in [-0.25, -0.2) is 26.9 Å². The van der Waals surface area contributed by atoms with Crippen LogP contribution in [0.25, 0.3) is 0 Å². The lowest BCUT2D eigenvalue weighted by atomic mass is 9.84. The number of nitrogens with one attached hydrogen (secondary N) is 1. The number of hydrogen-bond donors (Lipinski definition) is 1. The summed E-state index contributed by atoms with van der Waals surface area (Å²) < 4.78 is 53.6. The van der Waals surface area contributed by atoms with Gasteiger partial charge in [-0.2, -0.15) is 0 Å². The first-order valence-corrected chi connectivity index (χ1v) is 11.3. The SMILES string of the molecule is CN1C(NC(=O)OC(C)(C)C)=N[C@@]2(c3cc(Br)ccc3F)COCCC2S1(=O)=O. The summed E-state index contributed by atoms with van der Waals surface area (Å²) in [5.41, 5.74) is -2.25. The second kappa shape index (κ2) is 7.51. The topological polar surface area (TPSA) is 97.3 Å². The third-order valence-corrected chi connectivity index (χ3v) is 7.51. The Hall–Kier alpha value is -1.72. The fourth-order valence-corrected chi connectivity index (χ4v) is 5.67. The summed E-state index contributed by atoms with van der Waals surface area (Å²) in [7, 11) is -2.67. The minimum atomic E-state index is -3.97. The van der Waals surface area contributed by atoms with Crippen molar-refractivity contribution in [3.8, 4) is 0 Å². The van der Waals surface area contributed by atoms with E-state index in [2.05, 4.69) is 26.2 Å². The third kappa shape index (κ3) is 4.13. The Balaban J connectivity index is 2.15. The maximum absolute atomic E-state index is 14.8. The molecule has 11 heteroatoms. The molecule has 1 fully saturated rings. The van der Waals surface area contributed by atoms with Crippen LogP contribution in [0.2, 0.25) is 0 Å². The van der Waals surface area contributed by atoms with E-state index in [1.165, 1.54) is 25.2 Å². The predicted octanol–water partition coefficient (Wildman–Crippen LogP) is 2.73. The van der Waals surface area contributed by atoms with Crippen LogP contribution in [0.5, 0.6) is 0 Å². The van der Waals surface area contributed by atoms with E-state index < -0.39 is 38.3 Å². The van der Waals surface area contributed by atoms with Crippen LogP contribution >= 0.6 is 15.9 Å². The lowest BCUT2D eigenvalue weighted by Crippen LogP contribution is -2.62. The molecule has 2 heterocycles. The number of aliphatic imine (C=N–C) groups is 1. The highest BCUT2D eigenvalue weighted by molar-refractivity contribution is 9.10. The Morgan fingerprint density at radius 3 is 2.79 bits per heavy atom. The molecule has 1 unspecified atom stereocenters. The van der Waals surface area contributed by atoms with Crippen molar-refractivity contribution >= 4 is 38.0 Å². The summed E-state index contributed by atoms with van der Waals surface area (Å²) in [4.78, 5) is 16.8. The van der Waals surface area contributed by atoms with Gasteiger partial charge in [0.15, 0.2) is 0 Å². The summed E-state index contributed by atoms with van der Waals surface area (Å²) in [5, 5.41) is 1.35. The van der Waals surface area contributed by atoms with Crippen LogP contribution in [0.3, 0.4) is 0 Å². The van der Waals surface area contributed by atoms with Gasteiger partial charge < -0.3 is 9.47 Å². The quantitative estimate of drug-likeness (QED) is 0.651. The Morgan fingerprint density at radius 2 is 2.14 bits per heavy atom. The van der Waals surface area contributed by atoms with Crippen molar-refractivity contribution in [2.24, 2.45) is 4.99 Å². The Morgan fingerprint density at radius 1 is 1.45 bits per heavy atom. The molecule has 2 atom stereocenters. The van der Waals surface area contributed by atoms with Crippen LogP contribution in [-0.2, 0) is 25.0 Å². The normalized spacial score (nSPS) is 26.3. The minimum Gasteiger partial charge on any atom is -0.444 e. The number of halogens is 2. The molecule has 2 aliphatic heterocycles. The van der Waals surface area contributed by atoms with Gasteiger partial charge >= 0.3 is 6.09 Å². The molecule has 29 heavy (non-hydrogen) atoms. The van der Waals surface area contributed by atoms with Crippen molar-refractivity contribution in [3.05, 3.63) is 34.1 Å². The molecular weight excluding hydrogens is 469 g/mol. The maximum Gasteiger partial charge on any atom is 0.414 e. The van der Waals surface area contributed by atoms with Gasteiger partial charge in [-0.1, -0.05) is 15.9 Å². The molecule has 2 aliphatic rings. The van der Waals surface area contributed by atoms with Gasteiger partial charge in [0.25, 0.3) is 0 Å². The molecule has 0 spiro atoms. The highest BCUT2D eigenvalue weighted by Gasteiger charge is 2.56. The molecule has 3 rings (SSSR count). The predicted molar refractivity (Wildman–Crippen MR) is 108 cm³/mol. The molecule has 1 aromatic rings. The second-order valence-electron chi connectivity index (χ2n) is 7.95. The number of rotatable bonds is 1. The van der Waals surface area contributed by atoms with E-state index in [1.807, 2.05) is 0 Å². The van der Waals surface area contributed by atoms with E-state index in [-0.39, 0.29) is 31.2 Å². The van der Waals surface area contributed by atoms with Crippen LogP contribution in [0, 0.1) is 5.82 Å². The minimum absolute atomic E-state index is 0.0803. The number of guanidine groups is 1. The highest BCUT2D eigenvalue weighted by atomic mass is 79.9. The van der Waals surface area contributed by atoms with E-state index >= 15 is 0 Å². The lowest BCUT2D eigenvalue weighted by Gasteiger charge is -2.46. The number of carbonyl (C=O) groups excluding carboxylic acids is 1. The van der Waals surface area contributed by atoms with Crippen LogP contribution in [0.4, 0.5) is 9.18 Å². The van der Waals surface area contributed by atoms with Crippen LogP contribution < -0.4 is 5.32 Å². The van der Waals surface area contributed by atoms with Crippen LogP contribution in [-0.4, -0.2) is 55.9 Å². The average molecular weight is 492 g/mol. The number of fused-ring (bicyclic) bond motifs is 1. The van der Waals surface area contributed by atoms with Crippen LogP contribution in [0.15, 0.2) is 27.7 Å². The number of sulfonamides is 1. The number of amides is 1. The van der Waals surface area contributed by atoms with E-state index in [0.717, 1.165) is 4.31 Å². The number of alkyl carbamates (subject to hydrolysis) is 1. The summed E-state index contributed by atoms with van der Waals surface area (Å²) in [5.74, 6) is -0.857. The molecule has 0 bridgehead atoms. The van der Waals surface area contributed by atoms with Gasteiger partial charge in [-0.05, 0) is 45.4 Å². The molecule has 1 aromatic carbocycles. The number of carbonyl (C=O) groups is 1. The zero-order valence-electron chi connectivity index (χ0n) is 16.5. The molecule has 0 aromatic heterocycles. The molecule has 0 aliphatic carbocycles. The van der Waals surface area contributed by atoms with Gasteiger partial charge in [0, 0.05) is 23.7 Å². The molecule has 1 amide bonds. The average Bonchev–Trinajstić information content (AvgIpc) is 2.60. The number of hydrogen-bond acceptors (Lipinski definition) is 6. The molecular formula is C18H23BrFN3O5S. The molecule has 0 saturated carbocycles. The third-order valence-electron chi connectivity index (χ3n) is 4.73. The first-order chi connectivity index (χ1) is 13.4. The van der Waals surface area contributed by atoms with Gasteiger partial charge in [0.2, 0.25) is 16.0 Å². The molecule has 0 radical (unpaired) electrons. The Bertz CT molecular complexity index is 963. The van der Waals surface area contributed by atoms with E-state index in [0.29, 0.717) is 4.47 Å². The van der Waals surface area contributed by atoms with Crippen LogP contribution in [0.1, 0.15) is 32.8 Å². The monoisotopic (exact) mass is 491 g/mol. The smallest absolute Gasteiger partial charge is 0.414 e. The van der Waals surface area contributed by atoms with Crippen molar-refractivity contribution in [2.75, 3.05) is 20.3 Å². The lowest BCUT2D eigenvalue weighted by molar-refractivity contribution is 0.0352. The Labute approximate surface area is 177 Å². The van der Waals surface area contributed by atoms with Gasteiger partial charge in [-0.15, -0.1) is 0 Å². The molecule has 1 N–H and O–H groups in total. The molecule has 8 nitrogen and oxygen atoms in total. The van der Waals surface area contributed by atoms with Gasteiger partial charge in [0.05, 0.1) is 6.61 Å². The molecule has 1 saturated heterocycles. The zero-order valence-corrected chi connectivity index (χ0v) is 18.9. The van der Waals surface area contributed by atoms with E-state index in [9.17, 15) is 17.6 Å². The number of ether oxygens (including phenoxy) is 2.